The normalized spacial score (nSPS) is 27.6. The Labute approximate surface area is 178 Å². The van der Waals surface area contributed by atoms with Crippen molar-refractivity contribution >= 4 is 17.7 Å². The van der Waals surface area contributed by atoms with Crippen molar-refractivity contribution < 1.29 is 19.4 Å². The zero-order valence-electron chi connectivity index (χ0n) is 18.0. The van der Waals surface area contributed by atoms with E-state index in [-0.39, 0.29) is 24.6 Å². The van der Waals surface area contributed by atoms with Crippen molar-refractivity contribution in [3.63, 3.8) is 0 Å². The highest BCUT2D eigenvalue weighted by Gasteiger charge is 2.50. The highest BCUT2D eigenvalue weighted by atomic mass is 16.6. The van der Waals surface area contributed by atoms with Crippen LogP contribution in [0.2, 0.25) is 0 Å². The van der Waals surface area contributed by atoms with E-state index >= 15 is 0 Å². The number of ether oxygens (including phenoxy) is 1. The molecule has 1 unspecified atom stereocenters. The predicted molar refractivity (Wildman–Crippen MR) is 115 cm³/mol. The van der Waals surface area contributed by atoms with Gasteiger partial charge in [-0.3, -0.25) is 4.79 Å². The molecule has 3 aliphatic rings. The monoisotopic (exact) mass is 415 g/mol. The number of anilines is 1. The van der Waals surface area contributed by atoms with Gasteiger partial charge in [0.1, 0.15) is 0 Å². The van der Waals surface area contributed by atoms with Crippen LogP contribution < -0.4 is 4.90 Å². The van der Waals surface area contributed by atoms with Gasteiger partial charge in [0.2, 0.25) is 5.91 Å². The number of nitrogens with zero attached hydrogens (tertiary/aromatic N) is 3. The smallest absolute Gasteiger partial charge is 0.409 e. The molecule has 0 aromatic heterocycles. The number of hydrogen-bond acceptors (Lipinski definition) is 5. The molecule has 7 nitrogen and oxygen atoms in total. The van der Waals surface area contributed by atoms with E-state index < -0.39 is 5.41 Å². The van der Waals surface area contributed by atoms with Crippen molar-refractivity contribution in [2.75, 3.05) is 50.8 Å². The van der Waals surface area contributed by atoms with Gasteiger partial charge in [0.05, 0.1) is 24.7 Å². The van der Waals surface area contributed by atoms with E-state index in [1.165, 1.54) is 0 Å². The van der Waals surface area contributed by atoms with Crippen LogP contribution in [0.4, 0.5) is 10.5 Å². The van der Waals surface area contributed by atoms with Gasteiger partial charge < -0.3 is 24.5 Å². The first-order valence-electron chi connectivity index (χ1n) is 11.2. The molecule has 1 aromatic rings. The van der Waals surface area contributed by atoms with Crippen molar-refractivity contribution in [1.82, 2.24) is 9.80 Å². The van der Waals surface area contributed by atoms with Crippen LogP contribution in [0.3, 0.4) is 0 Å². The summed E-state index contributed by atoms with van der Waals surface area (Å²) >= 11 is 0. The number of fused-ring (bicyclic) bond motifs is 1. The van der Waals surface area contributed by atoms with Crippen LogP contribution in [0, 0.1) is 5.92 Å². The third-order valence-corrected chi connectivity index (χ3v) is 7.03. The van der Waals surface area contributed by atoms with Crippen LogP contribution in [0.25, 0.3) is 0 Å². The first kappa shape index (κ1) is 21.1. The summed E-state index contributed by atoms with van der Waals surface area (Å²) in [7, 11) is 0. The van der Waals surface area contributed by atoms with Gasteiger partial charge >= 0.3 is 6.09 Å². The lowest BCUT2D eigenvalue weighted by Crippen LogP contribution is -2.47. The number of benzene rings is 1. The summed E-state index contributed by atoms with van der Waals surface area (Å²) in [4.78, 5) is 31.3. The number of aliphatic hydroxyl groups is 1. The van der Waals surface area contributed by atoms with E-state index in [9.17, 15) is 14.7 Å². The van der Waals surface area contributed by atoms with E-state index in [4.69, 9.17) is 4.74 Å². The van der Waals surface area contributed by atoms with Gasteiger partial charge in [-0.05, 0) is 50.7 Å². The van der Waals surface area contributed by atoms with Crippen LogP contribution in [0.15, 0.2) is 24.3 Å². The molecule has 0 saturated carbocycles. The van der Waals surface area contributed by atoms with Crippen LogP contribution in [-0.2, 0) is 14.9 Å². The lowest BCUT2D eigenvalue weighted by atomic mass is 9.85. The maximum Gasteiger partial charge on any atom is 0.409 e. The summed E-state index contributed by atoms with van der Waals surface area (Å²) < 4.78 is 5.11. The molecule has 0 radical (unpaired) electrons. The Balaban J connectivity index is 1.36. The summed E-state index contributed by atoms with van der Waals surface area (Å²) in [5.41, 5.74) is 1.04. The maximum absolute atomic E-state index is 13.3. The van der Waals surface area contributed by atoms with Crippen molar-refractivity contribution in [3.8, 4) is 0 Å². The SMILES string of the molecule is CCOC(=O)N1CCC(CN2CC[C@@H](N3C(=O)C(C)(CO)c4ccccc43)C2)CC1. The number of para-hydroxylation sites is 1. The Hall–Kier alpha value is -2.12. The Morgan fingerprint density at radius 3 is 2.63 bits per heavy atom. The second-order valence-electron chi connectivity index (χ2n) is 9.01. The van der Waals surface area contributed by atoms with Crippen LogP contribution >= 0.6 is 0 Å². The van der Waals surface area contributed by atoms with E-state index in [0.29, 0.717) is 12.5 Å². The summed E-state index contributed by atoms with van der Waals surface area (Å²) in [6, 6.07) is 8.01. The Morgan fingerprint density at radius 1 is 1.20 bits per heavy atom. The molecule has 0 bridgehead atoms. The molecular weight excluding hydrogens is 382 g/mol. The standard InChI is InChI=1S/C23H33N3O4/c1-3-30-22(29)25-12-8-17(9-13-25)14-24-11-10-18(15-24)26-20-7-5-4-6-19(20)23(2,16-27)21(26)28/h4-7,17-18,27H,3,8-16H2,1-2H3/t18-,23?/m1/s1. The van der Waals surface area contributed by atoms with Crippen molar-refractivity contribution in [1.29, 1.82) is 0 Å². The average molecular weight is 416 g/mol. The molecule has 2 saturated heterocycles. The first-order valence-corrected chi connectivity index (χ1v) is 11.2. The molecule has 30 heavy (non-hydrogen) atoms. The molecule has 4 rings (SSSR count). The van der Waals surface area contributed by atoms with Gasteiger partial charge in [-0.25, -0.2) is 4.79 Å². The fourth-order valence-electron chi connectivity index (χ4n) is 5.22. The Morgan fingerprint density at radius 2 is 1.93 bits per heavy atom. The molecule has 164 valence electrons. The highest BCUT2D eigenvalue weighted by molar-refractivity contribution is 6.08. The number of carbonyl (C=O) groups is 2. The summed E-state index contributed by atoms with van der Waals surface area (Å²) in [5, 5.41) is 9.97. The predicted octanol–water partition coefficient (Wildman–Crippen LogP) is 2.23. The zero-order valence-corrected chi connectivity index (χ0v) is 18.0. The zero-order chi connectivity index (χ0) is 21.3. The molecule has 0 aliphatic carbocycles. The second kappa shape index (κ2) is 8.55. The van der Waals surface area contributed by atoms with Crippen LogP contribution in [-0.4, -0.2) is 78.9 Å². The van der Waals surface area contributed by atoms with Crippen molar-refractivity contribution in [3.05, 3.63) is 29.8 Å². The molecule has 7 heteroatoms. The topological polar surface area (TPSA) is 73.3 Å². The highest BCUT2D eigenvalue weighted by Crippen LogP contribution is 2.43. The first-order chi connectivity index (χ1) is 14.5. The second-order valence-corrected chi connectivity index (χ2v) is 9.01. The molecule has 3 heterocycles. The molecular formula is C23H33N3O4. The number of piperidine rings is 1. The van der Waals surface area contributed by atoms with Gasteiger partial charge in [0.15, 0.2) is 0 Å². The molecule has 1 aromatic carbocycles. The maximum atomic E-state index is 13.3. The Bertz CT molecular complexity index is 792. The summed E-state index contributed by atoms with van der Waals surface area (Å²) in [6.45, 7) is 8.29. The van der Waals surface area contributed by atoms with Gasteiger partial charge in [-0.15, -0.1) is 0 Å². The lowest BCUT2D eigenvalue weighted by Gasteiger charge is -2.33. The quantitative estimate of drug-likeness (QED) is 0.798. The van der Waals surface area contributed by atoms with E-state index in [1.54, 1.807) is 0 Å². The molecule has 2 fully saturated rings. The van der Waals surface area contributed by atoms with E-state index in [1.807, 2.05) is 47.9 Å². The van der Waals surface area contributed by atoms with Crippen LogP contribution in [0.5, 0.6) is 0 Å². The summed E-state index contributed by atoms with van der Waals surface area (Å²) in [6.07, 6.45) is 2.74. The molecule has 0 spiro atoms. The molecule has 2 atom stereocenters. The van der Waals surface area contributed by atoms with E-state index in [0.717, 1.165) is 63.2 Å². The largest absolute Gasteiger partial charge is 0.450 e. The number of carbonyl (C=O) groups excluding carboxylic acids is 2. The minimum absolute atomic E-state index is 0.0146. The fourth-order valence-corrected chi connectivity index (χ4v) is 5.22. The number of amides is 2. The molecule has 1 N–H and O–H groups in total. The third kappa shape index (κ3) is 3.69. The fraction of sp³-hybridized carbons (Fsp3) is 0.652. The van der Waals surface area contributed by atoms with E-state index in [2.05, 4.69) is 4.90 Å². The minimum Gasteiger partial charge on any atom is -0.450 e. The minimum atomic E-state index is -0.843. The number of likely N-dealkylation sites (tertiary alicyclic amines) is 2. The summed E-state index contributed by atoms with van der Waals surface area (Å²) in [5.74, 6) is 0.583. The number of hydrogen-bond donors (Lipinski definition) is 1. The van der Waals surface area contributed by atoms with Gasteiger partial charge in [0, 0.05) is 38.4 Å². The lowest BCUT2D eigenvalue weighted by molar-refractivity contribution is -0.124. The number of rotatable bonds is 5. The average Bonchev–Trinajstić information content (AvgIpc) is 3.30. The Kier molecular flexibility index (Phi) is 6.02. The molecule has 3 aliphatic heterocycles. The number of aliphatic hydroxyl groups excluding tert-OH is 1. The third-order valence-electron chi connectivity index (χ3n) is 7.03. The van der Waals surface area contributed by atoms with Gasteiger partial charge in [0.25, 0.3) is 0 Å². The van der Waals surface area contributed by atoms with Gasteiger partial charge in [-0.2, -0.15) is 0 Å². The van der Waals surface area contributed by atoms with Gasteiger partial charge in [-0.1, -0.05) is 18.2 Å². The van der Waals surface area contributed by atoms with Crippen molar-refractivity contribution in [2.24, 2.45) is 5.92 Å². The van der Waals surface area contributed by atoms with Crippen molar-refractivity contribution in [2.45, 2.75) is 44.6 Å². The molecule has 2 amide bonds. The van der Waals surface area contributed by atoms with Crippen LogP contribution in [0.1, 0.15) is 38.7 Å².